The number of hydrogen-bond donors (Lipinski definition) is 0. The van der Waals surface area contributed by atoms with Crippen LogP contribution >= 0.6 is 24.0 Å². The standard InChI is InChI=1S/C29H31N3OS2/c1-19(2)21-15-14-20(3)25(16-21)27-22(18-31(30-27)23-10-6-4-7-11-23)17-26-28(33)32(29(34)35-26)24-12-8-5-9-13-24/h4,6-7,10-11,14-19,24H,5,8-9,12-13H2,1-3H3. The van der Waals surface area contributed by atoms with Gasteiger partial charge in [-0.15, -0.1) is 0 Å². The molecule has 1 aliphatic carbocycles. The van der Waals surface area contributed by atoms with E-state index in [9.17, 15) is 4.79 Å². The molecule has 1 amide bonds. The van der Waals surface area contributed by atoms with Gasteiger partial charge >= 0.3 is 0 Å². The highest BCUT2D eigenvalue weighted by Crippen LogP contribution is 2.39. The van der Waals surface area contributed by atoms with Crippen LogP contribution in [-0.2, 0) is 4.79 Å². The highest BCUT2D eigenvalue weighted by molar-refractivity contribution is 8.26. The molecule has 6 heteroatoms. The van der Waals surface area contributed by atoms with E-state index in [1.165, 1.54) is 36.6 Å². The quantitative estimate of drug-likeness (QED) is 0.268. The maximum absolute atomic E-state index is 13.5. The first-order valence-corrected chi connectivity index (χ1v) is 13.7. The SMILES string of the molecule is Cc1ccc(C(C)C)cc1-c1nn(-c2ccccc2)cc1C=C1SC(=S)N(C2CCCCC2)C1=O. The van der Waals surface area contributed by atoms with Gasteiger partial charge in [-0.25, -0.2) is 4.68 Å². The molecule has 2 fully saturated rings. The van der Waals surface area contributed by atoms with Gasteiger partial charge in [0.25, 0.3) is 5.91 Å². The number of carbonyl (C=O) groups excluding carboxylic acids is 1. The lowest BCUT2D eigenvalue weighted by Gasteiger charge is -2.29. The van der Waals surface area contributed by atoms with Gasteiger partial charge in [-0.3, -0.25) is 9.69 Å². The summed E-state index contributed by atoms with van der Waals surface area (Å²) in [6.45, 7) is 6.52. The van der Waals surface area contributed by atoms with Gasteiger partial charge in [-0.1, -0.05) is 87.4 Å². The predicted molar refractivity (Wildman–Crippen MR) is 150 cm³/mol. The van der Waals surface area contributed by atoms with E-state index < -0.39 is 0 Å². The lowest BCUT2D eigenvalue weighted by Crippen LogP contribution is -2.39. The van der Waals surface area contributed by atoms with E-state index >= 15 is 0 Å². The van der Waals surface area contributed by atoms with Crippen molar-refractivity contribution < 1.29 is 4.79 Å². The molecule has 35 heavy (non-hydrogen) atoms. The predicted octanol–water partition coefficient (Wildman–Crippen LogP) is 7.51. The van der Waals surface area contributed by atoms with Crippen LogP contribution in [0.3, 0.4) is 0 Å². The second-order valence-corrected chi connectivity index (χ2v) is 11.5. The molecule has 1 saturated heterocycles. The summed E-state index contributed by atoms with van der Waals surface area (Å²) in [6.07, 6.45) is 9.68. The van der Waals surface area contributed by atoms with Crippen LogP contribution < -0.4 is 0 Å². The average molecular weight is 502 g/mol. The van der Waals surface area contributed by atoms with Crippen molar-refractivity contribution in [3.63, 3.8) is 0 Å². The number of thioether (sulfide) groups is 1. The maximum atomic E-state index is 13.5. The first kappa shape index (κ1) is 24.0. The monoisotopic (exact) mass is 501 g/mol. The number of carbonyl (C=O) groups is 1. The Morgan fingerprint density at radius 2 is 1.83 bits per heavy atom. The molecule has 1 aromatic heterocycles. The molecule has 0 unspecified atom stereocenters. The molecule has 180 valence electrons. The van der Waals surface area contributed by atoms with Crippen molar-refractivity contribution in [2.75, 3.05) is 0 Å². The molecule has 0 atom stereocenters. The van der Waals surface area contributed by atoms with Crippen LogP contribution in [0.25, 0.3) is 23.0 Å². The minimum Gasteiger partial charge on any atom is -0.290 e. The number of hydrogen-bond acceptors (Lipinski definition) is 4. The normalized spacial score (nSPS) is 18.3. The summed E-state index contributed by atoms with van der Waals surface area (Å²) < 4.78 is 2.59. The first-order valence-electron chi connectivity index (χ1n) is 12.5. The molecule has 2 aromatic carbocycles. The number of para-hydroxylation sites is 1. The van der Waals surface area contributed by atoms with Crippen molar-refractivity contribution in [3.8, 4) is 16.9 Å². The van der Waals surface area contributed by atoms with Gasteiger partial charge in [0.05, 0.1) is 10.6 Å². The van der Waals surface area contributed by atoms with Gasteiger partial charge in [-0.05, 0) is 61.1 Å². The van der Waals surface area contributed by atoms with Crippen LogP contribution in [0, 0.1) is 6.92 Å². The fraction of sp³-hybridized carbons (Fsp3) is 0.345. The van der Waals surface area contributed by atoms with Crippen LogP contribution in [0.2, 0.25) is 0 Å². The second kappa shape index (κ2) is 10.1. The van der Waals surface area contributed by atoms with Crippen molar-refractivity contribution in [1.82, 2.24) is 14.7 Å². The molecule has 0 spiro atoms. The molecule has 0 radical (unpaired) electrons. The van der Waals surface area contributed by atoms with E-state index in [4.69, 9.17) is 17.3 Å². The van der Waals surface area contributed by atoms with E-state index in [2.05, 4.69) is 39.0 Å². The molecule has 1 aliphatic heterocycles. The number of nitrogens with zero attached hydrogens (tertiary/aromatic N) is 3. The summed E-state index contributed by atoms with van der Waals surface area (Å²) in [4.78, 5) is 16.0. The number of aryl methyl sites for hydroxylation is 1. The summed E-state index contributed by atoms with van der Waals surface area (Å²) in [6, 6.07) is 16.9. The zero-order valence-electron chi connectivity index (χ0n) is 20.5. The Hall–Kier alpha value is -2.70. The Kier molecular flexibility index (Phi) is 6.94. The highest BCUT2D eigenvalue weighted by Gasteiger charge is 2.37. The third-order valence-electron chi connectivity index (χ3n) is 7.00. The molecule has 4 nitrogen and oxygen atoms in total. The number of rotatable bonds is 5. The molecular weight excluding hydrogens is 470 g/mol. The minimum absolute atomic E-state index is 0.0398. The first-order chi connectivity index (χ1) is 16.9. The second-order valence-electron chi connectivity index (χ2n) is 9.79. The van der Waals surface area contributed by atoms with Crippen LogP contribution in [-0.4, -0.2) is 30.9 Å². The van der Waals surface area contributed by atoms with Crippen LogP contribution in [0.1, 0.15) is 68.6 Å². The van der Waals surface area contributed by atoms with E-state index in [1.807, 2.05) is 52.2 Å². The molecular formula is C29H31N3OS2. The van der Waals surface area contributed by atoms with E-state index in [1.54, 1.807) is 0 Å². The van der Waals surface area contributed by atoms with Gasteiger partial charge in [0.2, 0.25) is 0 Å². The molecule has 2 aliphatic rings. The molecule has 5 rings (SSSR count). The van der Waals surface area contributed by atoms with E-state index in [0.29, 0.717) is 15.1 Å². The highest BCUT2D eigenvalue weighted by atomic mass is 32.2. The summed E-state index contributed by atoms with van der Waals surface area (Å²) in [5.74, 6) is 0.457. The van der Waals surface area contributed by atoms with Crippen molar-refractivity contribution in [3.05, 3.63) is 76.3 Å². The molecule has 1 saturated carbocycles. The Bertz CT molecular complexity index is 1290. The Labute approximate surface area is 217 Å². The zero-order chi connectivity index (χ0) is 24.5. The smallest absolute Gasteiger partial charge is 0.266 e. The maximum Gasteiger partial charge on any atom is 0.266 e. The molecule has 0 N–H and O–H groups in total. The van der Waals surface area contributed by atoms with Crippen molar-refractivity contribution in [2.45, 2.75) is 64.8 Å². The summed E-state index contributed by atoms with van der Waals surface area (Å²) >= 11 is 7.10. The summed E-state index contributed by atoms with van der Waals surface area (Å²) in [5.41, 5.74) is 6.34. The number of benzene rings is 2. The Morgan fingerprint density at radius 3 is 2.54 bits per heavy atom. The zero-order valence-corrected chi connectivity index (χ0v) is 22.2. The van der Waals surface area contributed by atoms with Crippen LogP contribution in [0.5, 0.6) is 0 Å². The lowest BCUT2D eigenvalue weighted by atomic mass is 9.94. The van der Waals surface area contributed by atoms with E-state index in [-0.39, 0.29) is 11.9 Å². The average Bonchev–Trinajstić information content (AvgIpc) is 3.40. The fourth-order valence-corrected chi connectivity index (χ4v) is 6.34. The van der Waals surface area contributed by atoms with Gasteiger partial charge in [0, 0.05) is 23.4 Å². The largest absolute Gasteiger partial charge is 0.290 e. The van der Waals surface area contributed by atoms with Crippen molar-refractivity contribution in [2.24, 2.45) is 0 Å². The van der Waals surface area contributed by atoms with Gasteiger partial charge in [-0.2, -0.15) is 5.10 Å². The molecule has 2 heterocycles. The summed E-state index contributed by atoms with van der Waals surface area (Å²) in [7, 11) is 0. The Balaban J connectivity index is 1.59. The number of aromatic nitrogens is 2. The lowest BCUT2D eigenvalue weighted by molar-refractivity contribution is -0.124. The van der Waals surface area contributed by atoms with Crippen molar-refractivity contribution >= 4 is 40.3 Å². The van der Waals surface area contributed by atoms with Gasteiger partial charge < -0.3 is 0 Å². The minimum atomic E-state index is 0.0398. The Morgan fingerprint density at radius 1 is 1.09 bits per heavy atom. The van der Waals surface area contributed by atoms with E-state index in [0.717, 1.165) is 40.9 Å². The topological polar surface area (TPSA) is 38.1 Å². The van der Waals surface area contributed by atoms with Gasteiger partial charge in [0.1, 0.15) is 10.0 Å². The fourth-order valence-electron chi connectivity index (χ4n) is 4.94. The molecule has 3 aromatic rings. The van der Waals surface area contributed by atoms with Crippen LogP contribution in [0.15, 0.2) is 59.6 Å². The van der Waals surface area contributed by atoms with Crippen LogP contribution in [0.4, 0.5) is 0 Å². The number of thiocarbonyl (C=S) groups is 1. The van der Waals surface area contributed by atoms with Crippen molar-refractivity contribution in [1.29, 1.82) is 0 Å². The molecule has 0 bridgehead atoms. The third kappa shape index (κ3) is 4.87. The van der Waals surface area contributed by atoms with Gasteiger partial charge in [0.15, 0.2) is 0 Å². The number of amides is 1. The third-order valence-corrected chi connectivity index (χ3v) is 8.33. The summed E-state index contributed by atoms with van der Waals surface area (Å²) in [5, 5.41) is 5.01.